The molecule has 3 nitrogen and oxygen atoms in total. The van der Waals surface area contributed by atoms with E-state index >= 15 is 0 Å². The highest BCUT2D eigenvalue weighted by Gasteiger charge is 2.20. The van der Waals surface area contributed by atoms with Crippen molar-refractivity contribution in [3.63, 3.8) is 0 Å². The maximum Gasteiger partial charge on any atom is 0.244 e. The molecule has 0 radical (unpaired) electrons. The summed E-state index contributed by atoms with van der Waals surface area (Å²) in [7, 11) is 0. The number of primary amides is 1. The Morgan fingerprint density at radius 1 is 1.20 bits per heavy atom. The van der Waals surface area contributed by atoms with E-state index in [9.17, 15) is 4.79 Å². The summed E-state index contributed by atoms with van der Waals surface area (Å²) in [6, 6.07) is 11.9. The van der Waals surface area contributed by atoms with E-state index in [-0.39, 0.29) is 0 Å². The van der Waals surface area contributed by atoms with E-state index in [2.05, 4.69) is 5.32 Å². The summed E-state index contributed by atoms with van der Waals surface area (Å²) in [5.74, 6) is -0.504. The fraction of sp³-hybridized carbons (Fsp3) is 0.133. The van der Waals surface area contributed by atoms with Crippen LogP contribution in [0.2, 0.25) is 10.0 Å². The molecule has 1 unspecified atom stereocenters. The Hall–Kier alpha value is -1.71. The molecule has 2 aromatic rings. The maximum absolute atomic E-state index is 11.7. The van der Waals surface area contributed by atoms with Crippen LogP contribution in [0.15, 0.2) is 42.5 Å². The molecule has 0 aliphatic heterocycles. The molecule has 0 saturated carbocycles. The fourth-order valence-corrected chi connectivity index (χ4v) is 2.46. The number of hydrogen-bond acceptors (Lipinski definition) is 2. The minimum Gasteiger partial charge on any atom is -0.370 e. The molecule has 20 heavy (non-hydrogen) atoms. The Kier molecular flexibility index (Phi) is 4.53. The van der Waals surface area contributed by atoms with Crippen LogP contribution < -0.4 is 11.1 Å². The molecule has 2 aromatic carbocycles. The third-order valence-electron chi connectivity index (χ3n) is 2.89. The maximum atomic E-state index is 11.7. The van der Waals surface area contributed by atoms with Gasteiger partial charge in [0.25, 0.3) is 0 Å². The number of aryl methyl sites for hydroxylation is 1. The van der Waals surface area contributed by atoms with Crippen LogP contribution in [0.3, 0.4) is 0 Å². The largest absolute Gasteiger partial charge is 0.370 e. The van der Waals surface area contributed by atoms with E-state index in [1.807, 2.05) is 31.2 Å². The molecular formula is C15H14Cl2N2O. The molecule has 0 fully saturated rings. The standard InChI is InChI=1S/C15H14Cl2N2O/c1-9-3-2-4-11(7-9)19-14(15(18)20)12-6-5-10(16)8-13(12)17/h2-8,14,19H,1H3,(H2,18,20). The average Bonchev–Trinajstić information content (AvgIpc) is 2.36. The van der Waals surface area contributed by atoms with E-state index in [0.29, 0.717) is 15.6 Å². The lowest BCUT2D eigenvalue weighted by Gasteiger charge is -2.18. The SMILES string of the molecule is Cc1cccc(NC(C(N)=O)c2ccc(Cl)cc2Cl)c1. The number of anilines is 1. The smallest absolute Gasteiger partial charge is 0.244 e. The normalized spacial score (nSPS) is 11.9. The zero-order chi connectivity index (χ0) is 14.7. The topological polar surface area (TPSA) is 55.1 Å². The lowest BCUT2D eigenvalue weighted by atomic mass is 10.1. The van der Waals surface area contributed by atoms with Crippen molar-refractivity contribution < 1.29 is 4.79 Å². The molecule has 1 atom stereocenters. The fourth-order valence-electron chi connectivity index (χ4n) is 1.94. The van der Waals surface area contributed by atoms with Crippen molar-refractivity contribution in [1.82, 2.24) is 0 Å². The van der Waals surface area contributed by atoms with Gasteiger partial charge in [0.1, 0.15) is 6.04 Å². The van der Waals surface area contributed by atoms with Crippen molar-refractivity contribution in [2.24, 2.45) is 5.73 Å². The highest BCUT2D eigenvalue weighted by molar-refractivity contribution is 6.35. The summed E-state index contributed by atoms with van der Waals surface area (Å²) in [4.78, 5) is 11.7. The number of nitrogens with two attached hydrogens (primary N) is 1. The van der Waals surface area contributed by atoms with Crippen molar-refractivity contribution in [3.8, 4) is 0 Å². The van der Waals surface area contributed by atoms with Crippen LogP contribution in [0.5, 0.6) is 0 Å². The zero-order valence-electron chi connectivity index (χ0n) is 10.9. The van der Waals surface area contributed by atoms with Crippen LogP contribution >= 0.6 is 23.2 Å². The van der Waals surface area contributed by atoms with E-state index < -0.39 is 11.9 Å². The zero-order valence-corrected chi connectivity index (χ0v) is 12.4. The van der Waals surface area contributed by atoms with Gasteiger partial charge in [-0.15, -0.1) is 0 Å². The molecule has 3 N–H and O–H groups in total. The molecule has 0 bridgehead atoms. The van der Waals surface area contributed by atoms with E-state index in [0.717, 1.165) is 11.3 Å². The quantitative estimate of drug-likeness (QED) is 0.899. The van der Waals surface area contributed by atoms with Gasteiger partial charge >= 0.3 is 0 Å². The second-order valence-corrected chi connectivity index (χ2v) is 5.36. The Morgan fingerprint density at radius 3 is 2.55 bits per heavy atom. The Balaban J connectivity index is 2.34. The number of rotatable bonds is 4. The van der Waals surface area contributed by atoms with Crippen molar-refractivity contribution in [2.45, 2.75) is 13.0 Å². The van der Waals surface area contributed by atoms with Gasteiger partial charge in [-0.2, -0.15) is 0 Å². The first-order chi connectivity index (χ1) is 9.47. The first-order valence-corrected chi connectivity index (χ1v) is 6.80. The molecule has 5 heteroatoms. The van der Waals surface area contributed by atoms with Crippen molar-refractivity contribution >= 4 is 34.8 Å². The molecule has 0 spiro atoms. The molecule has 0 heterocycles. The number of hydrogen-bond donors (Lipinski definition) is 2. The number of carbonyl (C=O) groups is 1. The van der Waals surface area contributed by atoms with Crippen LogP contribution in [0.1, 0.15) is 17.2 Å². The predicted molar refractivity (Wildman–Crippen MR) is 83.2 cm³/mol. The Labute approximate surface area is 127 Å². The molecule has 2 rings (SSSR count). The second kappa shape index (κ2) is 6.16. The van der Waals surface area contributed by atoms with Crippen LogP contribution in [0.4, 0.5) is 5.69 Å². The summed E-state index contributed by atoms with van der Waals surface area (Å²) in [6.45, 7) is 1.97. The second-order valence-electron chi connectivity index (χ2n) is 4.52. The first-order valence-electron chi connectivity index (χ1n) is 6.05. The number of halogens is 2. The average molecular weight is 309 g/mol. The number of nitrogens with one attached hydrogen (secondary N) is 1. The van der Waals surface area contributed by atoms with E-state index in [1.54, 1.807) is 18.2 Å². The Bertz CT molecular complexity index is 644. The predicted octanol–water partition coefficient (Wildman–Crippen LogP) is 3.94. The molecule has 104 valence electrons. The minimum atomic E-state index is -0.707. The number of benzene rings is 2. The minimum absolute atomic E-state index is 0.404. The molecular weight excluding hydrogens is 295 g/mol. The van der Waals surface area contributed by atoms with Crippen molar-refractivity contribution in [1.29, 1.82) is 0 Å². The summed E-state index contributed by atoms with van der Waals surface area (Å²) >= 11 is 12.0. The number of carbonyl (C=O) groups excluding carboxylic acids is 1. The van der Waals surface area contributed by atoms with Crippen LogP contribution in [0.25, 0.3) is 0 Å². The monoisotopic (exact) mass is 308 g/mol. The van der Waals surface area contributed by atoms with E-state index in [1.165, 1.54) is 0 Å². The summed E-state index contributed by atoms with van der Waals surface area (Å²) in [5.41, 5.74) is 7.96. The third kappa shape index (κ3) is 3.44. The molecule has 0 aliphatic rings. The van der Waals surface area contributed by atoms with Crippen LogP contribution in [0, 0.1) is 6.92 Å². The van der Waals surface area contributed by atoms with Gasteiger partial charge in [-0.1, -0.05) is 41.4 Å². The molecule has 1 amide bonds. The highest BCUT2D eigenvalue weighted by Crippen LogP contribution is 2.28. The van der Waals surface area contributed by atoms with Gasteiger partial charge in [0.15, 0.2) is 0 Å². The van der Waals surface area contributed by atoms with E-state index in [4.69, 9.17) is 28.9 Å². The summed E-state index contributed by atoms with van der Waals surface area (Å²) in [5, 5.41) is 4.01. The summed E-state index contributed by atoms with van der Waals surface area (Å²) < 4.78 is 0. The van der Waals surface area contributed by atoms with Gasteiger partial charge in [0, 0.05) is 21.3 Å². The van der Waals surface area contributed by atoms with Crippen LogP contribution in [-0.2, 0) is 4.79 Å². The van der Waals surface area contributed by atoms with Gasteiger partial charge < -0.3 is 11.1 Å². The Morgan fingerprint density at radius 2 is 1.95 bits per heavy atom. The molecule has 0 aromatic heterocycles. The lowest BCUT2D eigenvalue weighted by molar-refractivity contribution is -0.118. The highest BCUT2D eigenvalue weighted by atomic mass is 35.5. The lowest BCUT2D eigenvalue weighted by Crippen LogP contribution is -2.28. The van der Waals surface area contributed by atoms with Crippen molar-refractivity contribution in [2.75, 3.05) is 5.32 Å². The van der Waals surface area contributed by atoms with Crippen molar-refractivity contribution in [3.05, 3.63) is 63.6 Å². The van der Waals surface area contributed by atoms with Gasteiger partial charge in [0.2, 0.25) is 5.91 Å². The van der Waals surface area contributed by atoms with Gasteiger partial charge in [-0.3, -0.25) is 4.79 Å². The number of amides is 1. The van der Waals surface area contributed by atoms with Gasteiger partial charge in [-0.25, -0.2) is 0 Å². The van der Waals surface area contributed by atoms with Gasteiger partial charge in [0.05, 0.1) is 0 Å². The van der Waals surface area contributed by atoms with Gasteiger partial charge in [-0.05, 0) is 36.8 Å². The molecule has 0 aliphatic carbocycles. The van der Waals surface area contributed by atoms with Crippen LogP contribution in [-0.4, -0.2) is 5.91 Å². The third-order valence-corrected chi connectivity index (χ3v) is 3.45. The molecule has 0 saturated heterocycles. The summed E-state index contributed by atoms with van der Waals surface area (Å²) in [6.07, 6.45) is 0. The first kappa shape index (κ1) is 14.7.